The lowest BCUT2D eigenvalue weighted by atomic mass is 10.1. The molecule has 0 spiro atoms. The van der Waals surface area contributed by atoms with Crippen LogP contribution in [0.25, 0.3) is 0 Å². The highest BCUT2D eigenvalue weighted by Crippen LogP contribution is 2.31. The number of alkyl halides is 3. The molecule has 0 atom stereocenters. The van der Waals surface area contributed by atoms with E-state index in [0.717, 1.165) is 27.9 Å². The SMILES string of the molecule is Cc1cn(Cc2c(Cl)cccc2Cl)nc1Cc1ccc(CNC(=O)c2[nH]ncc2C(F)(F)F)cc1. The molecule has 2 aromatic carbocycles. The van der Waals surface area contributed by atoms with Crippen molar-refractivity contribution >= 4 is 29.1 Å². The summed E-state index contributed by atoms with van der Waals surface area (Å²) in [5, 5.41) is 13.7. The zero-order valence-corrected chi connectivity index (χ0v) is 20.0. The standard InChI is InChI=1S/C24H20Cl2F3N5O/c1-14-12-34(13-17-19(25)3-2-4-20(17)26)33-21(14)9-15-5-7-16(8-6-15)10-30-23(35)22-18(11-31-32-22)24(27,28)29/h2-8,11-12H,9-10,13H2,1H3,(H,30,35)(H,31,32). The van der Waals surface area contributed by atoms with Crippen molar-refractivity contribution in [3.05, 3.63) is 104 Å². The third-order valence-electron chi connectivity index (χ3n) is 5.45. The molecule has 6 nitrogen and oxygen atoms in total. The van der Waals surface area contributed by atoms with Gasteiger partial charge in [-0.15, -0.1) is 0 Å². The van der Waals surface area contributed by atoms with E-state index in [1.807, 2.05) is 37.4 Å². The number of nitrogens with zero attached hydrogens (tertiary/aromatic N) is 3. The van der Waals surface area contributed by atoms with Crippen LogP contribution < -0.4 is 5.32 Å². The molecule has 0 aliphatic heterocycles. The topological polar surface area (TPSA) is 75.6 Å². The fraction of sp³-hybridized carbons (Fsp3) is 0.208. The number of nitrogens with one attached hydrogen (secondary N) is 2. The van der Waals surface area contributed by atoms with Crippen molar-refractivity contribution < 1.29 is 18.0 Å². The van der Waals surface area contributed by atoms with Gasteiger partial charge in [-0.3, -0.25) is 14.6 Å². The van der Waals surface area contributed by atoms with E-state index in [2.05, 4.69) is 20.6 Å². The number of carbonyl (C=O) groups excluding carboxylic acids is 1. The fourth-order valence-electron chi connectivity index (χ4n) is 3.58. The first kappa shape index (κ1) is 24.8. The minimum absolute atomic E-state index is 0.0711. The van der Waals surface area contributed by atoms with Crippen molar-refractivity contribution in [1.29, 1.82) is 0 Å². The molecule has 35 heavy (non-hydrogen) atoms. The van der Waals surface area contributed by atoms with Crippen molar-refractivity contribution in [2.24, 2.45) is 0 Å². The molecule has 0 aliphatic rings. The van der Waals surface area contributed by atoms with Crippen LogP contribution in [0.1, 0.15) is 44.0 Å². The number of H-pyrrole nitrogens is 1. The molecule has 1 amide bonds. The highest BCUT2D eigenvalue weighted by molar-refractivity contribution is 6.35. The van der Waals surface area contributed by atoms with Gasteiger partial charge in [-0.05, 0) is 35.7 Å². The summed E-state index contributed by atoms with van der Waals surface area (Å²) in [6.07, 6.45) is -1.55. The minimum Gasteiger partial charge on any atom is -0.347 e. The maximum absolute atomic E-state index is 12.9. The molecule has 0 fully saturated rings. The third kappa shape index (κ3) is 5.86. The number of amides is 1. The number of aromatic amines is 1. The van der Waals surface area contributed by atoms with Gasteiger partial charge >= 0.3 is 6.18 Å². The minimum atomic E-state index is -4.66. The Bertz CT molecular complexity index is 1330. The number of hydrogen-bond acceptors (Lipinski definition) is 3. The monoisotopic (exact) mass is 521 g/mol. The number of hydrogen-bond donors (Lipinski definition) is 2. The second-order valence-corrected chi connectivity index (χ2v) is 8.80. The van der Waals surface area contributed by atoms with Gasteiger partial charge in [-0.2, -0.15) is 23.4 Å². The molecule has 0 radical (unpaired) electrons. The predicted octanol–water partition coefficient (Wildman–Crippen LogP) is 5.81. The average molecular weight is 522 g/mol. The van der Waals surface area contributed by atoms with Crippen molar-refractivity contribution in [1.82, 2.24) is 25.3 Å². The van der Waals surface area contributed by atoms with Crippen LogP contribution in [0.15, 0.2) is 54.9 Å². The largest absolute Gasteiger partial charge is 0.420 e. The van der Waals surface area contributed by atoms with Crippen LogP contribution in [0, 0.1) is 6.92 Å². The molecule has 2 N–H and O–H groups in total. The normalized spacial score (nSPS) is 11.6. The Morgan fingerprint density at radius 3 is 2.40 bits per heavy atom. The van der Waals surface area contributed by atoms with Crippen LogP contribution in [0.4, 0.5) is 13.2 Å². The molecule has 2 aromatic heterocycles. The second kappa shape index (κ2) is 10.1. The van der Waals surface area contributed by atoms with E-state index < -0.39 is 23.3 Å². The summed E-state index contributed by atoms with van der Waals surface area (Å²) in [6.45, 7) is 2.49. The average Bonchev–Trinajstić information content (AvgIpc) is 3.43. The molecule has 0 saturated carbocycles. The first-order chi connectivity index (χ1) is 16.6. The Morgan fingerprint density at radius 2 is 1.74 bits per heavy atom. The van der Waals surface area contributed by atoms with E-state index in [-0.39, 0.29) is 6.54 Å². The molecule has 0 saturated heterocycles. The van der Waals surface area contributed by atoms with E-state index in [1.165, 1.54) is 0 Å². The summed E-state index contributed by atoms with van der Waals surface area (Å²) in [4.78, 5) is 12.2. The van der Waals surface area contributed by atoms with E-state index in [1.54, 1.807) is 22.9 Å². The summed E-state index contributed by atoms with van der Waals surface area (Å²) in [7, 11) is 0. The van der Waals surface area contributed by atoms with Gasteiger partial charge in [-0.1, -0.05) is 53.5 Å². The molecule has 0 aliphatic carbocycles. The molecule has 4 aromatic rings. The second-order valence-electron chi connectivity index (χ2n) is 7.99. The summed E-state index contributed by atoms with van der Waals surface area (Å²) in [6, 6.07) is 12.8. The third-order valence-corrected chi connectivity index (χ3v) is 6.16. The Morgan fingerprint density at radius 1 is 1.09 bits per heavy atom. The summed E-state index contributed by atoms with van der Waals surface area (Å²) < 4.78 is 40.6. The molecule has 0 bridgehead atoms. The lowest BCUT2D eigenvalue weighted by Gasteiger charge is -2.09. The summed E-state index contributed by atoms with van der Waals surface area (Å²) in [5.41, 5.74) is 2.74. The highest BCUT2D eigenvalue weighted by Gasteiger charge is 2.37. The number of aryl methyl sites for hydroxylation is 1. The van der Waals surface area contributed by atoms with Crippen LogP contribution in [-0.4, -0.2) is 25.9 Å². The number of halogens is 5. The fourth-order valence-corrected chi connectivity index (χ4v) is 4.09. The zero-order chi connectivity index (χ0) is 25.2. The van der Waals surface area contributed by atoms with Crippen LogP contribution >= 0.6 is 23.2 Å². The van der Waals surface area contributed by atoms with Crippen LogP contribution in [0.2, 0.25) is 10.0 Å². The van der Waals surface area contributed by atoms with E-state index in [4.69, 9.17) is 23.2 Å². The Hall–Kier alpha value is -3.30. The lowest BCUT2D eigenvalue weighted by Crippen LogP contribution is -2.25. The van der Waals surface area contributed by atoms with Crippen LogP contribution in [0.5, 0.6) is 0 Å². The molecular formula is C24H20Cl2F3N5O. The molecular weight excluding hydrogens is 502 g/mol. The van der Waals surface area contributed by atoms with Crippen LogP contribution in [0.3, 0.4) is 0 Å². The Labute approximate surface area is 209 Å². The number of rotatable bonds is 7. The molecule has 4 rings (SSSR count). The highest BCUT2D eigenvalue weighted by atomic mass is 35.5. The van der Waals surface area contributed by atoms with Crippen molar-refractivity contribution in [3.63, 3.8) is 0 Å². The summed E-state index contributed by atoms with van der Waals surface area (Å²) >= 11 is 12.5. The number of benzene rings is 2. The predicted molar refractivity (Wildman–Crippen MR) is 127 cm³/mol. The quantitative estimate of drug-likeness (QED) is 0.322. The van der Waals surface area contributed by atoms with E-state index in [0.29, 0.717) is 29.2 Å². The van der Waals surface area contributed by atoms with Gasteiger partial charge in [0.05, 0.1) is 18.4 Å². The summed E-state index contributed by atoms with van der Waals surface area (Å²) in [5.74, 6) is -0.876. The zero-order valence-electron chi connectivity index (χ0n) is 18.5. The van der Waals surface area contributed by atoms with Crippen LogP contribution in [-0.2, 0) is 25.7 Å². The van der Waals surface area contributed by atoms with E-state index in [9.17, 15) is 18.0 Å². The smallest absolute Gasteiger partial charge is 0.347 e. The van der Waals surface area contributed by atoms with Crippen molar-refractivity contribution in [2.45, 2.75) is 32.6 Å². The maximum Gasteiger partial charge on any atom is 0.420 e. The Balaban J connectivity index is 1.38. The lowest BCUT2D eigenvalue weighted by molar-refractivity contribution is -0.137. The maximum atomic E-state index is 12.9. The van der Waals surface area contributed by atoms with Gasteiger partial charge in [0.25, 0.3) is 5.91 Å². The van der Waals surface area contributed by atoms with Gasteiger partial charge < -0.3 is 5.32 Å². The number of carbonyl (C=O) groups is 1. The first-order valence-corrected chi connectivity index (χ1v) is 11.3. The van der Waals surface area contributed by atoms with Gasteiger partial charge in [0.15, 0.2) is 0 Å². The van der Waals surface area contributed by atoms with Gasteiger partial charge in [-0.25, -0.2) is 0 Å². The van der Waals surface area contributed by atoms with Gasteiger partial charge in [0.2, 0.25) is 0 Å². The van der Waals surface area contributed by atoms with Gasteiger partial charge in [0.1, 0.15) is 11.3 Å². The number of aromatic nitrogens is 4. The Kier molecular flexibility index (Phi) is 7.18. The molecule has 2 heterocycles. The molecule has 11 heteroatoms. The van der Waals surface area contributed by atoms with Crippen molar-refractivity contribution in [2.75, 3.05) is 0 Å². The van der Waals surface area contributed by atoms with Gasteiger partial charge in [0, 0.05) is 34.8 Å². The van der Waals surface area contributed by atoms with Crippen molar-refractivity contribution in [3.8, 4) is 0 Å². The first-order valence-electron chi connectivity index (χ1n) is 10.5. The molecule has 182 valence electrons. The van der Waals surface area contributed by atoms with E-state index >= 15 is 0 Å². The molecule has 0 unspecified atom stereocenters.